The molecule has 0 fully saturated rings. The molecule has 0 amide bonds. The Kier molecular flexibility index (Phi) is 6.09. The van der Waals surface area contributed by atoms with Crippen molar-refractivity contribution in [3.05, 3.63) is 170 Å². The zero-order valence-corrected chi connectivity index (χ0v) is 28.6. The molecule has 2 heteroatoms. The second-order valence-electron chi connectivity index (χ2n) is 13.2. The zero-order chi connectivity index (χ0) is 32.8. The summed E-state index contributed by atoms with van der Waals surface area (Å²) < 4.78 is 5.39. The fourth-order valence-electron chi connectivity index (χ4n) is 8.18. The van der Waals surface area contributed by atoms with Gasteiger partial charge in [-0.05, 0) is 96.0 Å². The van der Waals surface area contributed by atoms with Gasteiger partial charge < -0.3 is 0 Å². The predicted octanol–water partition coefficient (Wildman–Crippen LogP) is 14.9. The van der Waals surface area contributed by atoms with Crippen molar-refractivity contribution >= 4 is 95.3 Å². The molecule has 0 nitrogen and oxygen atoms in total. The maximum absolute atomic E-state index is 2.43. The standard InChI is InChI=1S/C48H28S2/c1-2-10-30(11-3-1)46-35-13-4-6-15-37(35)47(38-16-7-5-14-36(38)46)31-20-18-29(19-21-31)32-22-24-39-44(26-32)50-43-25-23-33-27-45-41(28-40(33)48(39)43)34-12-8-9-17-42(34)49-45/h1-28H. The molecule has 0 aliphatic rings. The third kappa shape index (κ3) is 4.16. The number of hydrogen-bond donors (Lipinski definition) is 0. The van der Waals surface area contributed by atoms with Crippen molar-refractivity contribution in [3.63, 3.8) is 0 Å². The Hall–Kier alpha value is -5.80. The topological polar surface area (TPSA) is 0 Å². The summed E-state index contributed by atoms with van der Waals surface area (Å²) in [6.45, 7) is 0. The van der Waals surface area contributed by atoms with E-state index in [9.17, 15) is 0 Å². The van der Waals surface area contributed by atoms with Crippen LogP contribution in [0.2, 0.25) is 0 Å². The van der Waals surface area contributed by atoms with Crippen LogP contribution in [0.3, 0.4) is 0 Å². The number of hydrogen-bond acceptors (Lipinski definition) is 2. The van der Waals surface area contributed by atoms with E-state index in [-0.39, 0.29) is 0 Å². The maximum Gasteiger partial charge on any atom is 0.0361 e. The van der Waals surface area contributed by atoms with Gasteiger partial charge in [0.1, 0.15) is 0 Å². The Morgan fingerprint density at radius 1 is 0.260 bits per heavy atom. The smallest absolute Gasteiger partial charge is 0.0361 e. The normalized spacial score (nSPS) is 12.0. The average Bonchev–Trinajstić information content (AvgIpc) is 3.74. The van der Waals surface area contributed by atoms with Gasteiger partial charge in [0.05, 0.1) is 0 Å². The quantitative estimate of drug-likeness (QED) is 0.164. The van der Waals surface area contributed by atoms with Crippen LogP contribution in [-0.4, -0.2) is 0 Å². The molecule has 0 bridgehead atoms. The van der Waals surface area contributed by atoms with E-state index in [1.807, 2.05) is 22.7 Å². The third-order valence-electron chi connectivity index (χ3n) is 10.5. The van der Waals surface area contributed by atoms with Crippen molar-refractivity contribution < 1.29 is 0 Å². The van der Waals surface area contributed by atoms with Gasteiger partial charge in [-0.1, -0.05) is 140 Å². The first kappa shape index (κ1) is 28.1. The Morgan fingerprint density at radius 2 is 0.800 bits per heavy atom. The zero-order valence-electron chi connectivity index (χ0n) is 27.0. The molecule has 0 saturated carbocycles. The van der Waals surface area contributed by atoms with Crippen LogP contribution < -0.4 is 0 Å². The van der Waals surface area contributed by atoms with Crippen LogP contribution >= 0.6 is 22.7 Å². The Bertz CT molecular complexity index is 3070. The largest absolute Gasteiger partial charge is 0.135 e. The van der Waals surface area contributed by atoms with Crippen molar-refractivity contribution in [2.75, 3.05) is 0 Å². The summed E-state index contributed by atoms with van der Waals surface area (Å²) in [7, 11) is 0. The molecule has 50 heavy (non-hydrogen) atoms. The minimum absolute atomic E-state index is 1.24. The number of fused-ring (bicyclic) bond motifs is 10. The number of thiophene rings is 2. The van der Waals surface area contributed by atoms with E-state index in [1.165, 1.54) is 106 Å². The van der Waals surface area contributed by atoms with Gasteiger partial charge in [0, 0.05) is 40.3 Å². The second kappa shape index (κ2) is 10.9. The number of benzene rings is 9. The molecule has 0 saturated heterocycles. The lowest BCUT2D eigenvalue weighted by Gasteiger charge is -2.18. The van der Waals surface area contributed by atoms with Gasteiger partial charge in [0.25, 0.3) is 0 Å². The summed E-state index contributed by atoms with van der Waals surface area (Å²) in [6.07, 6.45) is 0. The van der Waals surface area contributed by atoms with E-state index in [0.717, 1.165) is 0 Å². The second-order valence-corrected chi connectivity index (χ2v) is 15.4. The molecule has 0 spiro atoms. The molecule has 0 aliphatic heterocycles. The van der Waals surface area contributed by atoms with E-state index < -0.39 is 0 Å². The Morgan fingerprint density at radius 3 is 1.50 bits per heavy atom. The molecule has 2 aromatic heterocycles. The molecule has 2 heterocycles. The molecule has 9 aromatic carbocycles. The van der Waals surface area contributed by atoms with Crippen LogP contribution in [0.1, 0.15) is 0 Å². The lowest BCUT2D eigenvalue weighted by molar-refractivity contribution is 1.63. The maximum atomic E-state index is 2.43. The van der Waals surface area contributed by atoms with E-state index >= 15 is 0 Å². The van der Waals surface area contributed by atoms with Gasteiger partial charge in [0.15, 0.2) is 0 Å². The van der Waals surface area contributed by atoms with Crippen molar-refractivity contribution in [1.29, 1.82) is 0 Å². The van der Waals surface area contributed by atoms with E-state index in [1.54, 1.807) is 0 Å². The van der Waals surface area contributed by atoms with Gasteiger partial charge in [-0.15, -0.1) is 22.7 Å². The van der Waals surface area contributed by atoms with Gasteiger partial charge in [-0.25, -0.2) is 0 Å². The first-order valence-electron chi connectivity index (χ1n) is 17.1. The predicted molar refractivity (Wildman–Crippen MR) is 221 cm³/mol. The van der Waals surface area contributed by atoms with Crippen molar-refractivity contribution in [3.8, 4) is 33.4 Å². The van der Waals surface area contributed by atoms with Crippen LogP contribution in [0.25, 0.3) is 106 Å². The highest BCUT2D eigenvalue weighted by atomic mass is 32.1. The monoisotopic (exact) mass is 668 g/mol. The third-order valence-corrected chi connectivity index (χ3v) is 12.7. The number of rotatable bonds is 3. The van der Waals surface area contributed by atoms with Gasteiger partial charge in [0.2, 0.25) is 0 Å². The lowest BCUT2D eigenvalue weighted by atomic mass is 9.86. The van der Waals surface area contributed by atoms with Gasteiger partial charge >= 0.3 is 0 Å². The summed E-state index contributed by atoms with van der Waals surface area (Å²) in [5, 5.41) is 13.2. The highest BCUT2D eigenvalue weighted by Gasteiger charge is 2.17. The molecule has 232 valence electrons. The van der Waals surface area contributed by atoms with Crippen LogP contribution in [0.4, 0.5) is 0 Å². The average molecular weight is 669 g/mol. The van der Waals surface area contributed by atoms with Crippen molar-refractivity contribution in [2.45, 2.75) is 0 Å². The highest BCUT2D eigenvalue weighted by Crippen LogP contribution is 2.46. The van der Waals surface area contributed by atoms with Gasteiger partial charge in [-0.3, -0.25) is 0 Å². The van der Waals surface area contributed by atoms with Crippen LogP contribution in [0.5, 0.6) is 0 Å². The summed E-state index contributed by atoms with van der Waals surface area (Å²) in [5.41, 5.74) is 7.57. The summed E-state index contributed by atoms with van der Waals surface area (Å²) in [5.74, 6) is 0. The Labute approximate surface area is 297 Å². The summed E-state index contributed by atoms with van der Waals surface area (Å²) in [6, 6.07) is 63.0. The minimum atomic E-state index is 1.24. The van der Waals surface area contributed by atoms with E-state index in [2.05, 4.69) is 170 Å². The van der Waals surface area contributed by atoms with E-state index in [4.69, 9.17) is 0 Å². The molecular weight excluding hydrogens is 641 g/mol. The van der Waals surface area contributed by atoms with Crippen molar-refractivity contribution in [1.82, 2.24) is 0 Å². The minimum Gasteiger partial charge on any atom is -0.135 e. The fraction of sp³-hybridized carbons (Fsp3) is 0. The molecule has 0 N–H and O–H groups in total. The molecule has 11 rings (SSSR count). The molecule has 0 radical (unpaired) electrons. The lowest BCUT2D eigenvalue weighted by Crippen LogP contribution is -1.90. The SMILES string of the molecule is c1ccc(-c2c3ccccc3c(-c3ccc(-c4ccc5c(c4)sc4ccc6cc7sc8ccccc8c7cc6c45)cc3)c3ccccc23)cc1. The van der Waals surface area contributed by atoms with Crippen LogP contribution in [-0.2, 0) is 0 Å². The van der Waals surface area contributed by atoms with Crippen molar-refractivity contribution in [2.24, 2.45) is 0 Å². The first-order valence-corrected chi connectivity index (χ1v) is 18.7. The molecule has 0 unspecified atom stereocenters. The molecule has 11 aromatic rings. The van der Waals surface area contributed by atoms with Crippen LogP contribution in [0, 0.1) is 0 Å². The van der Waals surface area contributed by atoms with Crippen LogP contribution in [0.15, 0.2) is 170 Å². The van der Waals surface area contributed by atoms with Gasteiger partial charge in [-0.2, -0.15) is 0 Å². The molecule has 0 atom stereocenters. The van der Waals surface area contributed by atoms with E-state index in [0.29, 0.717) is 0 Å². The first-order chi connectivity index (χ1) is 24.8. The molecule has 0 aliphatic carbocycles. The highest BCUT2D eigenvalue weighted by molar-refractivity contribution is 7.26. The summed E-state index contributed by atoms with van der Waals surface area (Å²) >= 11 is 3.79. The molecular formula is C48H28S2. The Balaban J connectivity index is 1.04. The summed E-state index contributed by atoms with van der Waals surface area (Å²) in [4.78, 5) is 0. The fourth-order valence-corrected chi connectivity index (χ4v) is 10.5.